The molecule has 1 aromatic carbocycles. The molecule has 1 aliphatic heterocycles. The number of aliphatic hydroxyl groups excluding tert-OH is 1. The molecule has 1 fully saturated rings. The quantitative estimate of drug-likeness (QED) is 0.321. The van der Waals surface area contributed by atoms with Crippen LogP contribution in [0.3, 0.4) is 0 Å². The van der Waals surface area contributed by atoms with Gasteiger partial charge in [0.2, 0.25) is 0 Å². The van der Waals surface area contributed by atoms with Gasteiger partial charge in [-0.05, 0) is 60.3 Å². The summed E-state index contributed by atoms with van der Waals surface area (Å²) in [6.07, 6.45) is 5.35. The van der Waals surface area contributed by atoms with E-state index in [-0.39, 0.29) is 12.2 Å². The van der Waals surface area contributed by atoms with Crippen LogP contribution in [0.25, 0.3) is 22.0 Å². The Hall–Kier alpha value is -3.79. The van der Waals surface area contributed by atoms with Gasteiger partial charge in [-0.2, -0.15) is 0 Å². The van der Waals surface area contributed by atoms with Crippen molar-refractivity contribution < 1.29 is 9.84 Å². The van der Waals surface area contributed by atoms with Crippen LogP contribution in [-0.4, -0.2) is 71.0 Å². The van der Waals surface area contributed by atoms with Crippen LogP contribution in [0.15, 0.2) is 65.8 Å². The number of nitrogens with one attached hydrogen (secondary N) is 2. The molecule has 0 radical (unpaired) electrons. The Labute approximate surface area is 215 Å². The van der Waals surface area contributed by atoms with Crippen LogP contribution in [0.5, 0.6) is 0 Å². The molecule has 4 aromatic rings. The van der Waals surface area contributed by atoms with Gasteiger partial charge in [0.05, 0.1) is 30.9 Å². The number of morpholine rings is 1. The molecule has 0 atom stereocenters. The predicted octanol–water partition coefficient (Wildman–Crippen LogP) is 3.38. The van der Waals surface area contributed by atoms with E-state index in [4.69, 9.17) is 9.72 Å². The van der Waals surface area contributed by atoms with E-state index in [9.17, 15) is 9.90 Å². The molecule has 192 valence electrons. The number of anilines is 3. The van der Waals surface area contributed by atoms with Crippen molar-refractivity contribution in [2.75, 3.05) is 56.2 Å². The van der Waals surface area contributed by atoms with Crippen molar-refractivity contribution >= 4 is 28.0 Å². The van der Waals surface area contributed by atoms with Crippen LogP contribution < -0.4 is 15.8 Å². The fourth-order valence-corrected chi connectivity index (χ4v) is 4.67. The van der Waals surface area contributed by atoms with E-state index in [2.05, 4.69) is 38.1 Å². The van der Waals surface area contributed by atoms with Gasteiger partial charge in [0.25, 0.3) is 5.56 Å². The zero-order chi connectivity index (χ0) is 25.6. The number of fused-ring (bicyclic) bond motifs is 1. The standard InChI is InChI=1S/C28H32N6O3/c1-2-34(9-12-35)24-5-3-23(4-6-24)31-27-26-21(7-8-30-28(26)36)16-25(32-27)22-15-20(17-29-18-22)19-33-10-13-37-14-11-33/h3-8,15-18,35H,2,9-14,19H2,1H3,(H,30,36)(H,31,32). The molecule has 0 aliphatic carbocycles. The Morgan fingerprint density at radius 1 is 1.14 bits per heavy atom. The van der Waals surface area contributed by atoms with E-state index in [0.29, 0.717) is 17.7 Å². The van der Waals surface area contributed by atoms with Gasteiger partial charge in [0, 0.05) is 68.3 Å². The third kappa shape index (κ3) is 5.80. The summed E-state index contributed by atoms with van der Waals surface area (Å²) in [7, 11) is 0. The van der Waals surface area contributed by atoms with Gasteiger partial charge in [-0.1, -0.05) is 0 Å². The van der Waals surface area contributed by atoms with E-state index in [1.807, 2.05) is 48.8 Å². The van der Waals surface area contributed by atoms with Crippen molar-refractivity contribution in [3.8, 4) is 11.3 Å². The first-order valence-corrected chi connectivity index (χ1v) is 12.6. The topological polar surface area (TPSA) is 107 Å². The minimum absolute atomic E-state index is 0.0990. The average Bonchev–Trinajstić information content (AvgIpc) is 2.93. The Kier molecular flexibility index (Phi) is 7.74. The fourth-order valence-electron chi connectivity index (χ4n) is 4.67. The average molecular weight is 501 g/mol. The Balaban J connectivity index is 1.47. The number of pyridine rings is 3. The maximum Gasteiger partial charge on any atom is 0.259 e. The van der Waals surface area contributed by atoms with Crippen LogP contribution in [0.1, 0.15) is 12.5 Å². The van der Waals surface area contributed by atoms with Crippen LogP contribution in [0.2, 0.25) is 0 Å². The Morgan fingerprint density at radius 2 is 1.95 bits per heavy atom. The molecular weight excluding hydrogens is 468 g/mol. The second-order valence-corrected chi connectivity index (χ2v) is 9.07. The first-order valence-electron chi connectivity index (χ1n) is 12.6. The summed E-state index contributed by atoms with van der Waals surface area (Å²) in [6.45, 7) is 7.65. The van der Waals surface area contributed by atoms with Crippen molar-refractivity contribution in [3.05, 3.63) is 77.0 Å². The van der Waals surface area contributed by atoms with Crippen molar-refractivity contribution in [3.63, 3.8) is 0 Å². The molecule has 9 heteroatoms. The maximum absolute atomic E-state index is 12.8. The van der Waals surface area contributed by atoms with Gasteiger partial charge in [0.1, 0.15) is 5.82 Å². The molecule has 0 spiro atoms. The third-order valence-corrected chi connectivity index (χ3v) is 6.60. The summed E-state index contributed by atoms with van der Waals surface area (Å²) in [5.41, 5.74) is 4.39. The lowest BCUT2D eigenvalue weighted by atomic mass is 10.1. The lowest BCUT2D eigenvalue weighted by Crippen LogP contribution is -2.35. The Morgan fingerprint density at radius 3 is 2.70 bits per heavy atom. The molecule has 37 heavy (non-hydrogen) atoms. The minimum atomic E-state index is -0.199. The third-order valence-electron chi connectivity index (χ3n) is 6.60. The lowest BCUT2D eigenvalue weighted by molar-refractivity contribution is 0.0341. The second-order valence-electron chi connectivity index (χ2n) is 9.07. The van der Waals surface area contributed by atoms with Crippen molar-refractivity contribution in [1.82, 2.24) is 19.9 Å². The number of aliphatic hydroxyl groups is 1. The monoisotopic (exact) mass is 500 g/mol. The van der Waals surface area contributed by atoms with Gasteiger partial charge in [0.15, 0.2) is 0 Å². The molecule has 0 amide bonds. The molecule has 4 heterocycles. The van der Waals surface area contributed by atoms with Crippen LogP contribution in [-0.2, 0) is 11.3 Å². The number of aromatic amines is 1. The molecule has 0 bridgehead atoms. The normalized spacial score (nSPS) is 14.1. The highest BCUT2D eigenvalue weighted by Gasteiger charge is 2.14. The summed E-state index contributed by atoms with van der Waals surface area (Å²) >= 11 is 0. The molecule has 1 aliphatic rings. The first kappa shape index (κ1) is 24.9. The zero-order valence-corrected chi connectivity index (χ0v) is 21.0. The van der Waals surface area contributed by atoms with Gasteiger partial charge < -0.3 is 25.0 Å². The first-order chi connectivity index (χ1) is 18.1. The summed E-state index contributed by atoms with van der Waals surface area (Å²) in [6, 6.07) is 13.8. The van der Waals surface area contributed by atoms with Crippen LogP contribution in [0, 0.1) is 0 Å². The minimum Gasteiger partial charge on any atom is -0.395 e. The number of benzene rings is 1. The van der Waals surface area contributed by atoms with Crippen LogP contribution in [0.4, 0.5) is 17.2 Å². The van der Waals surface area contributed by atoms with Crippen LogP contribution >= 0.6 is 0 Å². The number of H-pyrrole nitrogens is 1. The number of nitrogens with zero attached hydrogens (tertiary/aromatic N) is 4. The highest BCUT2D eigenvalue weighted by atomic mass is 16.5. The van der Waals surface area contributed by atoms with E-state index in [1.165, 1.54) is 0 Å². The smallest absolute Gasteiger partial charge is 0.259 e. The van der Waals surface area contributed by atoms with E-state index in [0.717, 1.165) is 73.0 Å². The molecule has 0 saturated carbocycles. The molecule has 9 nitrogen and oxygen atoms in total. The van der Waals surface area contributed by atoms with Gasteiger partial charge in [-0.25, -0.2) is 4.98 Å². The fraction of sp³-hybridized carbons (Fsp3) is 0.321. The van der Waals surface area contributed by atoms with Gasteiger partial charge >= 0.3 is 0 Å². The van der Waals surface area contributed by atoms with E-state index in [1.54, 1.807) is 6.20 Å². The summed E-state index contributed by atoms with van der Waals surface area (Å²) < 4.78 is 5.46. The molecule has 0 unspecified atom stereocenters. The SMILES string of the molecule is CCN(CCO)c1ccc(Nc2nc(-c3cncc(CN4CCOCC4)c3)cc3cc[nH]c(=O)c23)cc1. The number of aromatic nitrogens is 3. The number of likely N-dealkylation sites (N-methyl/N-ethyl adjacent to an activating group) is 1. The zero-order valence-electron chi connectivity index (χ0n) is 21.0. The highest BCUT2D eigenvalue weighted by Crippen LogP contribution is 2.29. The summed E-state index contributed by atoms with van der Waals surface area (Å²) in [5.74, 6) is 0.489. The molecular formula is C28H32N6O3. The van der Waals surface area contributed by atoms with Crippen molar-refractivity contribution in [1.29, 1.82) is 0 Å². The highest BCUT2D eigenvalue weighted by molar-refractivity contribution is 5.95. The van der Waals surface area contributed by atoms with E-state index < -0.39 is 0 Å². The van der Waals surface area contributed by atoms with Gasteiger partial charge in [-0.15, -0.1) is 0 Å². The molecule has 3 aromatic heterocycles. The molecule has 5 rings (SSSR count). The van der Waals surface area contributed by atoms with E-state index >= 15 is 0 Å². The van der Waals surface area contributed by atoms with Crippen molar-refractivity contribution in [2.24, 2.45) is 0 Å². The number of hydrogen-bond donors (Lipinski definition) is 3. The number of hydrogen-bond acceptors (Lipinski definition) is 8. The second kappa shape index (κ2) is 11.5. The maximum atomic E-state index is 12.8. The summed E-state index contributed by atoms with van der Waals surface area (Å²) in [5, 5.41) is 14.0. The number of ether oxygens (including phenoxy) is 1. The Bertz CT molecular complexity index is 1400. The van der Waals surface area contributed by atoms with Crippen molar-refractivity contribution in [2.45, 2.75) is 13.5 Å². The largest absolute Gasteiger partial charge is 0.395 e. The lowest BCUT2D eigenvalue weighted by Gasteiger charge is -2.26. The molecule has 3 N–H and O–H groups in total. The number of rotatable bonds is 9. The predicted molar refractivity (Wildman–Crippen MR) is 146 cm³/mol. The summed E-state index contributed by atoms with van der Waals surface area (Å²) in [4.78, 5) is 29.3. The van der Waals surface area contributed by atoms with Gasteiger partial charge in [-0.3, -0.25) is 14.7 Å². The molecule has 1 saturated heterocycles.